The summed E-state index contributed by atoms with van der Waals surface area (Å²) in [7, 11) is 5.20. The fraction of sp³-hybridized carbons (Fsp3) is 0.240. The van der Waals surface area contributed by atoms with Gasteiger partial charge < -0.3 is 29.0 Å². The lowest BCUT2D eigenvalue weighted by Gasteiger charge is -2.28. The molecule has 3 heterocycles. The third-order valence-electron chi connectivity index (χ3n) is 5.75. The minimum atomic E-state index is -0.412. The van der Waals surface area contributed by atoms with Gasteiger partial charge in [0.05, 0.1) is 50.2 Å². The summed E-state index contributed by atoms with van der Waals surface area (Å²) >= 11 is 0. The summed E-state index contributed by atoms with van der Waals surface area (Å²) in [6.45, 7) is 0.869. The van der Waals surface area contributed by atoms with Crippen molar-refractivity contribution in [2.75, 3.05) is 32.2 Å². The van der Waals surface area contributed by atoms with E-state index >= 15 is 0 Å². The number of carbonyl (C=O) groups excluding carboxylic acids is 1. The fourth-order valence-corrected chi connectivity index (χ4v) is 4.01. The van der Waals surface area contributed by atoms with E-state index in [1.807, 2.05) is 66.5 Å². The zero-order chi connectivity index (χ0) is 23.7. The quantitative estimate of drug-likeness (QED) is 0.448. The molecule has 1 aliphatic heterocycles. The number of aryl methyl sites for hydroxylation is 1. The maximum atomic E-state index is 11.6. The number of benzene rings is 2. The van der Waals surface area contributed by atoms with Gasteiger partial charge in [-0.2, -0.15) is 0 Å². The van der Waals surface area contributed by atoms with Gasteiger partial charge in [-0.3, -0.25) is 4.98 Å². The van der Waals surface area contributed by atoms with Crippen LogP contribution in [0.1, 0.15) is 0 Å². The van der Waals surface area contributed by atoms with E-state index in [1.165, 1.54) is 0 Å². The lowest BCUT2D eigenvalue weighted by atomic mass is 10.1. The first-order chi connectivity index (χ1) is 16.5. The van der Waals surface area contributed by atoms with Crippen molar-refractivity contribution >= 4 is 28.5 Å². The molecule has 1 unspecified atom stereocenters. The van der Waals surface area contributed by atoms with E-state index in [9.17, 15) is 4.79 Å². The topological polar surface area (TPSA) is 90.7 Å². The van der Waals surface area contributed by atoms with Crippen LogP contribution in [-0.2, 0) is 11.8 Å². The molecular weight excluding hydrogens is 434 g/mol. The maximum Gasteiger partial charge on any atom is 0.407 e. The van der Waals surface area contributed by atoms with Crippen molar-refractivity contribution in [2.45, 2.75) is 6.10 Å². The van der Waals surface area contributed by atoms with Gasteiger partial charge in [0.25, 0.3) is 0 Å². The number of hydrogen-bond donors (Lipinski definition) is 1. The fourth-order valence-electron chi connectivity index (χ4n) is 4.01. The average Bonchev–Trinajstić information content (AvgIpc) is 3.49. The van der Waals surface area contributed by atoms with E-state index in [0.29, 0.717) is 24.6 Å². The van der Waals surface area contributed by atoms with Crippen LogP contribution >= 0.6 is 0 Å². The molecule has 1 fully saturated rings. The smallest absolute Gasteiger partial charge is 0.407 e. The highest BCUT2D eigenvalue weighted by atomic mass is 16.6. The van der Waals surface area contributed by atoms with Crippen LogP contribution in [-0.4, -0.2) is 54.0 Å². The predicted molar refractivity (Wildman–Crippen MR) is 129 cm³/mol. The second-order valence-corrected chi connectivity index (χ2v) is 8.08. The number of nitrogens with one attached hydrogen (secondary N) is 1. The minimum Gasteiger partial charge on any atom is -0.497 e. The summed E-state index contributed by atoms with van der Waals surface area (Å²) < 4.78 is 18.4. The first-order valence-corrected chi connectivity index (χ1v) is 10.9. The number of carbonyl (C=O) groups is 1. The Kier molecular flexibility index (Phi) is 5.67. The van der Waals surface area contributed by atoms with Crippen LogP contribution in [0.2, 0.25) is 0 Å². The molecule has 2 aromatic heterocycles. The van der Waals surface area contributed by atoms with Crippen LogP contribution in [0.4, 0.5) is 16.2 Å². The zero-order valence-corrected chi connectivity index (χ0v) is 19.2. The number of aromatic nitrogens is 3. The van der Waals surface area contributed by atoms with Crippen molar-refractivity contribution in [3.8, 4) is 22.8 Å². The van der Waals surface area contributed by atoms with Gasteiger partial charge in [-0.25, -0.2) is 9.78 Å². The van der Waals surface area contributed by atoms with Crippen molar-refractivity contribution in [1.82, 2.24) is 19.9 Å². The monoisotopic (exact) mass is 459 g/mol. The van der Waals surface area contributed by atoms with Crippen LogP contribution in [0.25, 0.3) is 22.3 Å². The Morgan fingerprint density at radius 1 is 1.09 bits per heavy atom. The maximum absolute atomic E-state index is 11.6. The molecule has 1 saturated heterocycles. The number of hydrogen-bond acceptors (Lipinski definition) is 7. The summed E-state index contributed by atoms with van der Waals surface area (Å²) in [6.07, 6.45) is 5.04. The lowest BCUT2D eigenvalue weighted by Crippen LogP contribution is -2.31. The summed E-state index contributed by atoms with van der Waals surface area (Å²) in [5, 5.41) is 2.72. The second-order valence-electron chi connectivity index (χ2n) is 8.08. The van der Waals surface area contributed by atoms with Gasteiger partial charge in [-0.1, -0.05) is 0 Å². The van der Waals surface area contributed by atoms with Crippen LogP contribution < -0.4 is 19.7 Å². The normalized spacial score (nSPS) is 15.1. The molecule has 1 amide bonds. The van der Waals surface area contributed by atoms with E-state index in [0.717, 1.165) is 33.7 Å². The number of methoxy groups -OCH3 is 2. The molecule has 2 aromatic carbocycles. The second kappa shape index (κ2) is 8.93. The molecule has 0 saturated carbocycles. The van der Waals surface area contributed by atoms with E-state index < -0.39 is 6.09 Å². The standard InChI is InChI=1S/C25H25N5O4/c1-29-7-6-16(14-29)24-13-26-22-5-4-17(10-23(22)28-24)30(15-21-12-27-25(31)34-21)18-8-19(32-2)11-20(9-18)33-3/h4-11,13-14,21H,12,15H2,1-3H3,(H,27,31). The molecule has 174 valence electrons. The van der Waals surface area contributed by atoms with Gasteiger partial charge in [-0.15, -0.1) is 0 Å². The van der Waals surface area contributed by atoms with Gasteiger partial charge >= 0.3 is 6.09 Å². The van der Waals surface area contributed by atoms with Crippen molar-refractivity contribution < 1.29 is 19.0 Å². The summed E-state index contributed by atoms with van der Waals surface area (Å²) in [5.74, 6) is 1.32. The van der Waals surface area contributed by atoms with Crippen molar-refractivity contribution in [3.05, 3.63) is 61.1 Å². The molecule has 9 heteroatoms. The minimum absolute atomic E-state index is 0.317. The Morgan fingerprint density at radius 2 is 1.88 bits per heavy atom. The highest BCUT2D eigenvalue weighted by Gasteiger charge is 2.26. The number of alkyl carbamates (subject to hydrolysis) is 1. The summed E-state index contributed by atoms with van der Waals surface area (Å²) in [4.78, 5) is 23.2. The first kappa shape index (κ1) is 21.6. The van der Waals surface area contributed by atoms with Crippen LogP contribution in [0, 0.1) is 0 Å². The predicted octanol–water partition coefficient (Wildman–Crippen LogP) is 3.90. The van der Waals surface area contributed by atoms with Crippen LogP contribution in [0.5, 0.6) is 11.5 Å². The number of anilines is 2. The molecule has 1 atom stereocenters. The van der Waals surface area contributed by atoms with Gasteiger partial charge in [0, 0.05) is 54.6 Å². The largest absolute Gasteiger partial charge is 0.497 e. The van der Waals surface area contributed by atoms with E-state index in [-0.39, 0.29) is 6.10 Å². The molecule has 0 radical (unpaired) electrons. The van der Waals surface area contributed by atoms with E-state index in [2.05, 4.69) is 15.2 Å². The van der Waals surface area contributed by atoms with E-state index in [1.54, 1.807) is 20.4 Å². The number of ether oxygens (including phenoxy) is 3. The third kappa shape index (κ3) is 4.32. The highest BCUT2D eigenvalue weighted by Crippen LogP contribution is 2.34. The average molecular weight is 460 g/mol. The molecule has 0 spiro atoms. The van der Waals surface area contributed by atoms with Crippen molar-refractivity contribution in [2.24, 2.45) is 7.05 Å². The Balaban J connectivity index is 1.58. The van der Waals surface area contributed by atoms with Crippen LogP contribution in [0.3, 0.4) is 0 Å². The van der Waals surface area contributed by atoms with Crippen molar-refractivity contribution in [1.29, 1.82) is 0 Å². The number of cyclic esters (lactones) is 1. The SMILES string of the molecule is COc1cc(OC)cc(N(CC2CNC(=O)O2)c2ccc3ncc(-c4ccn(C)c4)nc3c2)c1. The zero-order valence-electron chi connectivity index (χ0n) is 19.2. The number of rotatable bonds is 7. The third-order valence-corrected chi connectivity index (χ3v) is 5.75. The first-order valence-electron chi connectivity index (χ1n) is 10.9. The van der Waals surface area contributed by atoms with Gasteiger partial charge in [0.1, 0.15) is 17.6 Å². The lowest BCUT2D eigenvalue weighted by molar-refractivity contribution is 0.144. The van der Waals surface area contributed by atoms with Crippen LogP contribution in [0.15, 0.2) is 61.1 Å². The molecule has 1 N–H and O–H groups in total. The highest BCUT2D eigenvalue weighted by molar-refractivity contribution is 5.83. The Labute approximate surface area is 196 Å². The Bertz CT molecular complexity index is 1330. The number of amides is 1. The van der Waals surface area contributed by atoms with E-state index in [4.69, 9.17) is 19.2 Å². The summed E-state index contributed by atoms with van der Waals surface area (Å²) in [5.41, 5.74) is 5.08. The van der Waals surface area contributed by atoms with Gasteiger partial charge in [-0.05, 0) is 24.3 Å². The molecule has 5 rings (SSSR count). The molecule has 0 aliphatic carbocycles. The molecule has 4 aromatic rings. The van der Waals surface area contributed by atoms with Gasteiger partial charge in [0.15, 0.2) is 0 Å². The number of nitrogens with zero attached hydrogens (tertiary/aromatic N) is 4. The summed E-state index contributed by atoms with van der Waals surface area (Å²) in [6, 6.07) is 13.6. The van der Waals surface area contributed by atoms with Gasteiger partial charge in [0.2, 0.25) is 0 Å². The number of fused-ring (bicyclic) bond motifs is 1. The molecule has 1 aliphatic rings. The Morgan fingerprint density at radius 3 is 2.53 bits per heavy atom. The molecule has 9 nitrogen and oxygen atoms in total. The molecule has 0 bridgehead atoms. The Hall–Kier alpha value is -4.27. The molecular formula is C25H25N5O4. The van der Waals surface area contributed by atoms with Crippen molar-refractivity contribution in [3.63, 3.8) is 0 Å². The molecule has 34 heavy (non-hydrogen) atoms.